The number of anilines is 2. The third-order valence-electron chi connectivity index (χ3n) is 4.99. The molecule has 0 atom stereocenters. The Hall–Kier alpha value is -2.49. The van der Waals surface area contributed by atoms with Crippen LogP contribution in [0.3, 0.4) is 0 Å². The summed E-state index contributed by atoms with van der Waals surface area (Å²) in [4.78, 5) is 15.9. The van der Waals surface area contributed by atoms with Gasteiger partial charge in [0, 0.05) is 25.5 Å². The van der Waals surface area contributed by atoms with E-state index in [4.69, 9.17) is 0 Å². The van der Waals surface area contributed by atoms with E-state index in [0.29, 0.717) is 12.2 Å². The topological polar surface area (TPSA) is 74.2 Å². The number of hydrogen-bond acceptors (Lipinski definition) is 4. The first-order valence-corrected chi connectivity index (χ1v) is 10.9. The number of piperazine rings is 1. The zero-order valence-electron chi connectivity index (χ0n) is 16.6. The SMILES string of the molecule is CN(C)S(=O)(=O)c1ccc(NC(=O)C[NH+]2CCN(c3ccc(F)cc3)CC2)cc1. The summed E-state index contributed by atoms with van der Waals surface area (Å²) in [5, 5.41) is 2.82. The molecule has 1 saturated heterocycles. The van der Waals surface area contributed by atoms with Crippen LogP contribution in [0.25, 0.3) is 0 Å². The monoisotopic (exact) mass is 421 g/mol. The van der Waals surface area contributed by atoms with Crippen LogP contribution in [0.2, 0.25) is 0 Å². The van der Waals surface area contributed by atoms with Gasteiger partial charge in [0.05, 0.1) is 31.1 Å². The van der Waals surface area contributed by atoms with Crippen LogP contribution < -0.4 is 15.1 Å². The first-order chi connectivity index (χ1) is 13.8. The van der Waals surface area contributed by atoms with Crippen LogP contribution in [0.1, 0.15) is 0 Å². The number of carbonyl (C=O) groups is 1. The average molecular weight is 422 g/mol. The highest BCUT2D eigenvalue weighted by atomic mass is 32.2. The predicted molar refractivity (Wildman–Crippen MR) is 110 cm³/mol. The van der Waals surface area contributed by atoms with E-state index in [0.717, 1.165) is 36.2 Å². The van der Waals surface area contributed by atoms with Gasteiger partial charge in [0.1, 0.15) is 5.82 Å². The van der Waals surface area contributed by atoms with Crippen molar-refractivity contribution < 1.29 is 22.5 Å². The first-order valence-electron chi connectivity index (χ1n) is 9.42. The van der Waals surface area contributed by atoms with E-state index in [2.05, 4.69) is 10.2 Å². The van der Waals surface area contributed by atoms with Crippen molar-refractivity contribution in [3.63, 3.8) is 0 Å². The fourth-order valence-electron chi connectivity index (χ4n) is 3.26. The molecule has 9 heteroatoms. The summed E-state index contributed by atoms with van der Waals surface area (Å²) >= 11 is 0. The molecule has 0 unspecified atom stereocenters. The summed E-state index contributed by atoms with van der Waals surface area (Å²) in [5.41, 5.74) is 1.56. The molecular formula is C20H26FN4O3S+. The highest BCUT2D eigenvalue weighted by Gasteiger charge is 2.23. The number of benzene rings is 2. The second-order valence-electron chi connectivity index (χ2n) is 7.25. The molecule has 1 aliphatic rings. The van der Waals surface area contributed by atoms with Crippen LogP contribution in [0, 0.1) is 5.82 Å². The van der Waals surface area contributed by atoms with Crippen LogP contribution in [0.15, 0.2) is 53.4 Å². The maximum Gasteiger partial charge on any atom is 0.279 e. The van der Waals surface area contributed by atoms with Crippen LogP contribution in [0.4, 0.5) is 15.8 Å². The Kier molecular flexibility index (Phi) is 6.51. The molecule has 0 radical (unpaired) electrons. The third-order valence-corrected chi connectivity index (χ3v) is 6.82. The summed E-state index contributed by atoms with van der Waals surface area (Å²) in [6.45, 7) is 3.56. The van der Waals surface area contributed by atoms with Crippen molar-refractivity contribution in [1.29, 1.82) is 0 Å². The molecule has 0 aliphatic carbocycles. The number of carbonyl (C=O) groups excluding carboxylic acids is 1. The molecule has 1 heterocycles. The molecule has 1 fully saturated rings. The second kappa shape index (κ2) is 8.89. The molecule has 156 valence electrons. The molecule has 3 rings (SSSR count). The zero-order chi connectivity index (χ0) is 21.0. The quantitative estimate of drug-likeness (QED) is 0.709. The Labute approximate surface area is 170 Å². The van der Waals surface area contributed by atoms with Gasteiger partial charge in [0.2, 0.25) is 10.0 Å². The molecule has 2 N–H and O–H groups in total. The number of halogens is 1. The summed E-state index contributed by atoms with van der Waals surface area (Å²) in [7, 11) is -0.533. The number of nitrogens with zero attached hydrogens (tertiary/aromatic N) is 2. The molecule has 2 aromatic carbocycles. The standard InChI is InChI=1S/C20H25FN4O3S/c1-23(2)29(27,28)19-9-5-17(6-10-19)22-20(26)15-24-11-13-25(14-12-24)18-7-3-16(21)4-8-18/h3-10H,11-15H2,1-2H3,(H,22,26)/p+1. The molecule has 0 aromatic heterocycles. The number of rotatable bonds is 6. The lowest BCUT2D eigenvalue weighted by Gasteiger charge is -2.33. The van der Waals surface area contributed by atoms with Crippen LogP contribution in [0.5, 0.6) is 0 Å². The van der Waals surface area contributed by atoms with Crippen molar-refractivity contribution >= 4 is 27.3 Å². The molecule has 0 saturated carbocycles. The Morgan fingerprint density at radius 2 is 1.66 bits per heavy atom. The average Bonchev–Trinajstić information content (AvgIpc) is 2.69. The molecular weight excluding hydrogens is 395 g/mol. The molecule has 1 aliphatic heterocycles. The highest BCUT2D eigenvalue weighted by Crippen LogP contribution is 2.17. The fourth-order valence-corrected chi connectivity index (χ4v) is 4.16. The summed E-state index contributed by atoms with van der Waals surface area (Å²) in [6, 6.07) is 12.6. The Bertz CT molecular complexity index is 939. The van der Waals surface area contributed by atoms with Crippen LogP contribution in [-0.2, 0) is 14.8 Å². The number of sulfonamides is 1. The van der Waals surface area contributed by atoms with Crippen molar-refractivity contribution in [1.82, 2.24) is 4.31 Å². The van der Waals surface area contributed by atoms with E-state index in [1.807, 2.05) is 0 Å². The van der Waals surface area contributed by atoms with E-state index in [9.17, 15) is 17.6 Å². The minimum absolute atomic E-state index is 0.113. The van der Waals surface area contributed by atoms with Gasteiger partial charge in [0.25, 0.3) is 5.91 Å². The van der Waals surface area contributed by atoms with Gasteiger partial charge in [-0.15, -0.1) is 0 Å². The third kappa shape index (κ3) is 5.31. The van der Waals surface area contributed by atoms with E-state index in [1.165, 1.54) is 43.3 Å². The van der Waals surface area contributed by atoms with E-state index in [1.54, 1.807) is 24.3 Å². The van der Waals surface area contributed by atoms with Gasteiger partial charge >= 0.3 is 0 Å². The molecule has 29 heavy (non-hydrogen) atoms. The maximum absolute atomic E-state index is 13.1. The second-order valence-corrected chi connectivity index (χ2v) is 9.40. The number of nitrogens with one attached hydrogen (secondary N) is 2. The van der Waals surface area contributed by atoms with Crippen molar-refractivity contribution in [3.8, 4) is 0 Å². The van der Waals surface area contributed by atoms with Crippen molar-refractivity contribution in [2.45, 2.75) is 4.90 Å². The zero-order valence-corrected chi connectivity index (χ0v) is 17.4. The molecule has 0 bridgehead atoms. The molecule has 7 nitrogen and oxygen atoms in total. The van der Waals surface area contributed by atoms with Gasteiger partial charge in [-0.25, -0.2) is 17.1 Å². The van der Waals surface area contributed by atoms with Crippen LogP contribution in [-0.4, -0.2) is 65.4 Å². The summed E-state index contributed by atoms with van der Waals surface area (Å²) < 4.78 is 38.4. The molecule has 0 spiro atoms. The summed E-state index contributed by atoms with van der Waals surface area (Å²) in [6.07, 6.45) is 0. The highest BCUT2D eigenvalue weighted by molar-refractivity contribution is 7.89. The lowest BCUT2D eigenvalue weighted by molar-refractivity contribution is -0.892. The Morgan fingerprint density at radius 1 is 1.07 bits per heavy atom. The van der Waals surface area contributed by atoms with Gasteiger partial charge in [0.15, 0.2) is 6.54 Å². The predicted octanol–water partition coefficient (Wildman–Crippen LogP) is 0.420. The Balaban J connectivity index is 1.49. The number of hydrogen-bond donors (Lipinski definition) is 2. The van der Waals surface area contributed by atoms with E-state index < -0.39 is 10.0 Å². The summed E-state index contributed by atoms with van der Waals surface area (Å²) in [5.74, 6) is -0.361. The Morgan fingerprint density at radius 3 is 2.21 bits per heavy atom. The van der Waals surface area contributed by atoms with Gasteiger partial charge in [-0.3, -0.25) is 4.79 Å². The van der Waals surface area contributed by atoms with Crippen LogP contribution >= 0.6 is 0 Å². The van der Waals surface area contributed by atoms with Crippen molar-refractivity contribution in [2.75, 3.05) is 57.0 Å². The van der Waals surface area contributed by atoms with Gasteiger partial charge < -0.3 is 15.1 Å². The minimum atomic E-state index is -3.48. The number of quaternary nitrogens is 1. The van der Waals surface area contributed by atoms with E-state index >= 15 is 0 Å². The van der Waals surface area contributed by atoms with E-state index in [-0.39, 0.29) is 16.6 Å². The molecule has 1 amide bonds. The van der Waals surface area contributed by atoms with Gasteiger partial charge in [-0.1, -0.05) is 0 Å². The van der Waals surface area contributed by atoms with Gasteiger partial charge in [-0.2, -0.15) is 0 Å². The minimum Gasteiger partial charge on any atom is -0.360 e. The van der Waals surface area contributed by atoms with Crippen molar-refractivity contribution in [3.05, 3.63) is 54.3 Å². The van der Waals surface area contributed by atoms with Crippen molar-refractivity contribution in [2.24, 2.45) is 0 Å². The first kappa shape index (κ1) is 21.2. The lowest BCUT2D eigenvalue weighted by atomic mass is 10.2. The fraction of sp³-hybridized carbons (Fsp3) is 0.350. The smallest absolute Gasteiger partial charge is 0.279 e. The van der Waals surface area contributed by atoms with Gasteiger partial charge in [-0.05, 0) is 48.5 Å². The largest absolute Gasteiger partial charge is 0.360 e. The maximum atomic E-state index is 13.1. The molecule has 2 aromatic rings. The number of amides is 1. The lowest BCUT2D eigenvalue weighted by Crippen LogP contribution is -3.15. The normalized spacial score (nSPS) is 15.5.